The second-order valence-electron chi connectivity index (χ2n) is 7.72. The summed E-state index contributed by atoms with van der Waals surface area (Å²) >= 11 is 2.36. The number of rotatable bonds is 9. The molecule has 0 aliphatic rings. The lowest BCUT2D eigenvalue weighted by Crippen LogP contribution is -2.28. The van der Waals surface area contributed by atoms with Crippen LogP contribution in [0.2, 0.25) is 0 Å². The number of benzene rings is 2. The van der Waals surface area contributed by atoms with Gasteiger partial charge >= 0.3 is 0 Å². The van der Waals surface area contributed by atoms with E-state index in [2.05, 4.69) is 25.2 Å². The zero-order valence-electron chi connectivity index (χ0n) is 19.8. The number of amides is 1. The first-order valence-electron chi connectivity index (χ1n) is 11.1. The molecular weight excluding hydrogens is 520 g/mol. The molecule has 188 valence electrons. The molecule has 0 saturated heterocycles. The number of carbonyl (C=O) groups is 1. The largest absolute Gasteiger partial charge is 0.325 e. The van der Waals surface area contributed by atoms with Crippen molar-refractivity contribution in [2.45, 2.75) is 49.0 Å². The summed E-state index contributed by atoms with van der Waals surface area (Å²) in [6.45, 7) is 5.90. The molecular formula is C23H24N6O4S3. The normalized spacial score (nSPS) is 12.4. The van der Waals surface area contributed by atoms with Crippen LogP contribution in [-0.4, -0.2) is 39.3 Å². The van der Waals surface area contributed by atoms with Gasteiger partial charge in [0.15, 0.2) is 5.16 Å². The third-order valence-corrected chi connectivity index (χ3v) is 8.83. The Morgan fingerprint density at radius 1 is 1.11 bits per heavy atom. The van der Waals surface area contributed by atoms with E-state index in [9.17, 15) is 18.0 Å². The van der Waals surface area contributed by atoms with Crippen molar-refractivity contribution >= 4 is 60.8 Å². The Hall–Kier alpha value is -3.29. The number of sulfonamides is 1. The number of nitrogens with zero attached hydrogens (tertiary/aromatic N) is 4. The molecule has 0 aliphatic heterocycles. The van der Waals surface area contributed by atoms with E-state index in [-0.39, 0.29) is 21.5 Å². The first kappa shape index (κ1) is 25.8. The smallest absolute Gasteiger partial charge is 0.263 e. The van der Waals surface area contributed by atoms with Crippen molar-refractivity contribution in [1.82, 2.24) is 19.7 Å². The van der Waals surface area contributed by atoms with Gasteiger partial charge in [-0.05, 0) is 56.7 Å². The number of fused-ring (bicyclic) bond motifs is 1. The minimum absolute atomic E-state index is 0.0297. The highest BCUT2D eigenvalue weighted by molar-refractivity contribution is 8.00. The summed E-state index contributed by atoms with van der Waals surface area (Å²) in [6.07, 6.45) is 0.501. The lowest BCUT2D eigenvalue weighted by molar-refractivity contribution is -0.115. The quantitative estimate of drug-likeness (QED) is 0.239. The molecule has 0 fully saturated rings. The highest BCUT2D eigenvalue weighted by Crippen LogP contribution is 2.26. The molecule has 1 atom stereocenters. The standard InChI is InChI=1S/C23H24N6O4S3/c1-4-19(35-23-25-18-9-7-6-8-17(18)21(31)29(23)5-2)20(30)24-15-10-12-16(13-11-15)36(32,33)28-22-27-26-14(3)34-22/h6-13,19H,4-5H2,1-3H3,(H,24,30)(H,27,28). The molecule has 2 aromatic heterocycles. The summed E-state index contributed by atoms with van der Waals surface area (Å²) in [5, 5.41) is 11.7. The molecule has 0 aliphatic carbocycles. The van der Waals surface area contributed by atoms with E-state index in [4.69, 9.17) is 0 Å². The summed E-state index contributed by atoms with van der Waals surface area (Å²) in [6, 6.07) is 13.0. The zero-order chi connectivity index (χ0) is 25.9. The van der Waals surface area contributed by atoms with Crippen molar-refractivity contribution in [3.63, 3.8) is 0 Å². The number of aryl methyl sites for hydroxylation is 1. The number of nitrogens with one attached hydrogen (secondary N) is 2. The van der Waals surface area contributed by atoms with Gasteiger partial charge in [0, 0.05) is 12.2 Å². The van der Waals surface area contributed by atoms with Crippen molar-refractivity contribution in [3.05, 3.63) is 63.9 Å². The van der Waals surface area contributed by atoms with E-state index in [0.717, 1.165) is 11.3 Å². The van der Waals surface area contributed by atoms with Crippen molar-refractivity contribution in [1.29, 1.82) is 0 Å². The van der Waals surface area contributed by atoms with Crippen LogP contribution in [0, 0.1) is 6.92 Å². The van der Waals surface area contributed by atoms with Crippen molar-refractivity contribution in [2.75, 3.05) is 10.0 Å². The van der Waals surface area contributed by atoms with Crippen LogP contribution >= 0.6 is 23.1 Å². The minimum Gasteiger partial charge on any atom is -0.325 e. The fourth-order valence-electron chi connectivity index (χ4n) is 3.42. The van der Waals surface area contributed by atoms with Gasteiger partial charge in [-0.2, -0.15) is 0 Å². The Balaban J connectivity index is 1.49. The number of anilines is 2. The minimum atomic E-state index is -3.84. The molecule has 13 heteroatoms. The highest BCUT2D eigenvalue weighted by Gasteiger charge is 2.22. The molecule has 1 amide bonds. The predicted octanol–water partition coefficient (Wildman–Crippen LogP) is 3.89. The van der Waals surface area contributed by atoms with Crippen LogP contribution in [0.25, 0.3) is 10.9 Å². The fourth-order valence-corrected chi connectivity index (χ4v) is 6.32. The number of thioether (sulfide) groups is 1. The molecule has 0 saturated carbocycles. The van der Waals surface area contributed by atoms with Crippen molar-refractivity contribution in [3.8, 4) is 0 Å². The van der Waals surface area contributed by atoms with Gasteiger partial charge in [0.2, 0.25) is 11.0 Å². The molecule has 2 aromatic carbocycles. The zero-order valence-corrected chi connectivity index (χ0v) is 22.2. The average molecular weight is 545 g/mol. The molecule has 2 N–H and O–H groups in total. The van der Waals surface area contributed by atoms with Crippen LogP contribution in [-0.2, 0) is 21.4 Å². The number of carbonyl (C=O) groups excluding carboxylic acids is 1. The van der Waals surface area contributed by atoms with Crippen LogP contribution in [0.3, 0.4) is 0 Å². The number of hydrogen-bond donors (Lipinski definition) is 2. The number of hydrogen-bond acceptors (Lipinski definition) is 9. The number of aromatic nitrogens is 4. The SMILES string of the molecule is CCC(Sc1nc2ccccc2c(=O)n1CC)C(=O)Nc1ccc(S(=O)(=O)Nc2nnc(C)s2)cc1. The van der Waals surface area contributed by atoms with E-state index in [0.29, 0.717) is 39.7 Å². The van der Waals surface area contributed by atoms with Gasteiger partial charge in [-0.3, -0.25) is 18.9 Å². The molecule has 36 heavy (non-hydrogen) atoms. The van der Waals surface area contributed by atoms with Crippen molar-refractivity contribution in [2.24, 2.45) is 0 Å². The van der Waals surface area contributed by atoms with Crippen molar-refractivity contribution < 1.29 is 13.2 Å². The Morgan fingerprint density at radius 2 is 1.83 bits per heavy atom. The van der Waals surface area contributed by atoms with E-state index >= 15 is 0 Å². The molecule has 4 aromatic rings. The van der Waals surface area contributed by atoms with Gasteiger partial charge in [-0.15, -0.1) is 10.2 Å². The van der Waals surface area contributed by atoms with E-state index < -0.39 is 15.3 Å². The summed E-state index contributed by atoms with van der Waals surface area (Å²) in [4.78, 5) is 30.6. The lowest BCUT2D eigenvalue weighted by atomic mass is 10.2. The fraction of sp³-hybridized carbons (Fsp3) is 0.261. The highest BCUT2D eigenvalue weighted by atomic mass is 32.2. The Labute approximate surface area is 216 Å². The maximum Gasteiger partial charge on any atom is 0.263 e. The molecule has 1 unspecified atom stereocenters. The van der Waals surface area contributed by atoms with Crippen LogP contribution in [0.5, 0.6) is 0 Å². The molecule has 0 radical (unpaired) electrons. The molecule has 0 bridgehead atoms. The molecule has 10 nitrogen and oxygen atoms in total. The summed E-state index contributed by atoms with van der Waals surface area (Å²) in [5.74, 6) is -0.273. The van der Waals surface area contributed by atoms with Crippen LogP contribution in [0.4, 0.5) is 10.8 Å². The maximum absolute atomic E-state index is 13.0. The van der Waals surface area contributed by atoms with Crippen LogP contribution in [0.15, 0.2) is 63.4 Å². The average Bonchev–Trinajstić information content (AvgIpc) is 3.26. The van der Waals surface area contributed by atoms with Crippen LogP contribution < -0.4 is 15.6 Å². The lowest BCUT2D eigenvalue weighted by Gasteiger charge is -2.17. The summed E-state index contributed by atoms with van der Waals surface area (Å²) in [5.41, 5.74) is 0.887. The summed E-state index contributed by atoms with van der Waals surface area (Å²) in [7, 11) is -3.84. The second-order valence-corrected chi connectivity index (χ2v) is 11.8. The second kappa shape index (κ2) is 10.8. The molecule has 0 spiro atoms. The van der Waals surface area contributed by atoms with E-state index in [1.54, 1.807) is 29.7 Å². The third kappa shape index (κ3) is 5.58. The van der Waals surface area contributed by atoms with E-state index in [1.165, 1.54) is 36.0 Å². The van der Waals surface area contributed by atoms with Gasteiger partial charge in [-0.25, -0.2) is 13.4 Å². The topological polar surface area (TPSA) is 136 Å². The first-order valence-corrected chi connectivity index (χ1v) is 14.3. The third-order valence-electron chi connectivity index (χ3n) is 5.23. The van der Waals surface area contributed by atoms with Gasteiger partial charge in [0.05, 0.1) is 21.0 Å². The maximum atomic E-state index is 13.0. The Bertz CT molecular complexity index is 1570. The number of para-hydroxylation sites is 1. The predicted molar refractivity (Wildman–Crippen MR) is 142 cm³/mol. The first-order chi connectivity index (χ1) is 17.2. The van der Waals surface area contributed by atoms with E-state index in [1.807, 2.05) is 19.9 Å². The Kier molecular flexibility index (Phi) is 7.71. The molecule has 4 rings (SSSR count). The summed E-state index contributed by atoms with van der Waals surface area (Å²) < 4.78 is 29.1. The molecule has 2 heterocycles. The van der Waals surface area contributed by atoms with Gasteiger partial charge < -0.3 is 5.32 Å². The van der Waals surface area contributed by atoms with Gasteiger partial charge in [0.1, 0.15) is 5.01 Å². The van der Waals surface area contributed by atoms with Gasteiger partial charge in [-0.1, -0.05) is 42.2 Å². The van der Waals surface area contributed by atoms with Crippen LogP contribution in [0.1, 0.15) is 25.3 Å². The van der Waals surface area contributed by atoms with Gasteiger partial charge in [0.25, 0.3) is 15.6 Å². The Morgan fingerprint density at radius 3 is 2.47 bits per heavy atom. The monoisotopic (exact) mass is 544 g/mol.